The van der Waals surface area contributed by atoms with Crippen LogP contribution in [0.15, 0.2) is 23.1 Å². The molecule has 0 aliphatic rings. The fourth-order valence-electron chi connectivity index (χ4n) is 1.61. The first kappa shape index (κ1) is 13.2. The highest BCUT2D eigenvalue weighted by Gasteiger charge is 2.08. The summed E-state index contributed by atoms with van der Waals surface area (Å²) in [6, 6.07) is 5.31. The number of benzene rings is 1. The molecule has 0 aliphatic heterocycles. The van der Waals surface area contributed by atoms with Gasteiger partial charge < -0.3 is 5.73 Å². The van der Waals surface area contributed by atoms with Gasteiger partial charge in [0.2, 0.25) is 0 Å². The van der Waals surface area contributed by atoms with Gasteiger partial charge in [-0.1, -0.05) is 6.07 Å². The molecule has 0 saturated heterocycles. The summed E-state index contributed by atoms with van der Waals surface area (Å²) in [4.78, 5) is 0.404. The Morgan fingerprint density at radius 2 is 1.94 bits per heavy atom. The Labute approximate surface area is 97.6 Å². The maximum atomic E-state index is 11.4. The van der Waals surface area contributed by atoms with Crippen molar-refractivity contribution < 1.29 is 8.42 Å². The molecule has 1 rings (SSSR count). The van der Waals surface area contributed by atoms with E-state index in [4.69, 9.17) is 5.73 Å². The van der Waals surface area contributed by atoms with Crippen molar-refractivity contribution in [1.29, 1.82) is 0 Å². The summed E-state index contributed by atoms with van der Waals surface area (Å²) in [6.07, 6.45) is 4.11. The van der Waals surface area contributed by atoms with E-state index in [1.54, 1.807) is 12.1 Å². The third-order valence-electron chi connectivity index (χ3n) is 2.65. The average Bonchev–Trinajstić information content (AvgIpc) is 2.19. The van der Waals surface area contributed by atoms with E-state index in [1.807, 2.05) is 13.0 Å². The predicted molar refractivity (Wildman–Crippen MR) is 66.3 cm³/mol. The average molecular weight is 241 g/mol. The Morgan fingerprint density at radius 1 is 1.25 bits per heavy atom. The van der Waals surface area contributed by atoms with Crippen molar-refractivity contribution in [3.63, 3.8) is 0 Å². The Hall–Kier alpha value is -0.870. The number of aryl methyl sites for hydroxylation is 2. The van der Waals surface area contributed by atoms with Crippen molar-refractivity contribution in [1.82, 2.24) is 0 Å². The van der Waals surface area contributed by atoms with Crippen LogP contribution in [0.1, 0.15) is 24.0 Å². The molecule has 0 heterocycles. The van der Waals surface area contributed by atoms with Crippen molar-refractivity contribution in [2.75, 3.05) is 12.8 Å². The highest BCUT2D eigenvalue weighted by Crippen LogP contribution is 2.17. The van der Waals surface area contributed by atoms with E-state index < -0.39 is 9.84 Å². The molecule has 2 N–H and O–H groups in total. The molecule has 0 radical (unpaired) electrons. The Morgan fingerprint density at radius 3 is 2.50 bits per heavy atom. The minimum absolute atomic E-state index is 0.404. The van der Waals surface area contributed by atoms with Crippen LogP contribution in [0.4, 0.5) is 0 Å². The fourth-order valence-corrected chi connectivity index (χ4v) is 2.28. The molecule has 1 aromatic rings. The van der Waals surface area contributed by atoms with Crippen molar-refractivity contribution >= 4 is 9.84 Å². The number of hydrogen-bond donors (Lipinski definition) is 1. The molecule has 0 atom stereocenters. The molecule has 90 valence electrons. The van der Waals surface area contributed by atoms with Gasteiger partial charge in [0, 0.05) is 6.26 Å². The van der Waals surface area contributed by atoms with Gasteiger partial charge in [-0.05, 0) is 56.0 Å². The number of sulfone groups is 1. The Balaban J connectivity index is 2.91. The zero-order chi connectivity index (χ0) is 12.2. The first-order valence-corrected chi connectivity index (χ1v) is 7.34. The van der Waals surface area contributed by atoms with Gasteiger partial charge in [0.1, 0.15) is 0 Å². The lowest BCUT2D eigenvalue weighted by Gasteiger charge is -2.07. The van der Waals surface area contributed by atoms with Crippen molar-refractivity contribution in [2.45, 2.75) is 31.1 Å². The molecule has 1 aromatic carbocycles. The van der Waals surface area contributed by atoms with E-state index in [0.717, 1.165) is 30.4 Å². The lowest BCUT2D eigenvalue weighted by molar-refractivity contribution is 0.601. The smallest absolute Gasteiger partial charge is 0.175 e. The van der Waals surface area contributed by atoms with E-state index in [-0.39, 0.29) is 0 Å². The minimum Gasteiger partial charge on any atom is -0.330 e. The molecule has 0 saturated carbocycles. The molecule has 0 aliphatic carbocycles. The van der Waals surface area contributed by atoms with Crippen LogP contribution in [0.2, 0.25) is 0 Å². The van der Waals surface area contributed by atoms with Crippen LogP contribution in [0, 0.1) is 6.92 Å². The van der Waals surface area contributed by atoms with E-state index >= 15 is 0 Å². The van der Waals surface area contributed by atoms with Crippen LogP contribution in [-0.4, -0.2) is 21.2 Å². The second kappa shape index (κ2) is 5.46. The molecule has 0 unspecified atom stereocenters. The molecule has 0 bridgehead atoms. The van der Waals surface area contributed by atoms with Crippen molar-refractivity contribution in [2.24, 2.45) is 5.73 Å². The zero-order valence-corrected chi connectivity index (χ0v) is 10.7. The lowest BCUT2D eigenvalue weighted by Crippen LogP contribution is -2.02. The van der Waals surface area contributed by atoms with Crippen LogP contribution < -0.4 is 5.73 Å². The second-order valence-electron chi connectivity index (χ2n) is 4.11. The summed E-state index contributed by atoms with van der Waals surface area (Å²) in [5.41, 5.74) is 7.68. The quantitative estimate of drug-likeness (QED) is 0.798. The molecule has 16 heavy (non-hydrogen) atoms. The first-order chi connectivity index (χ1) is 7.45. The van der Waals surface area contributed by atoms with Gasteiger partial charge in [0.15, 0.2) is 9.84 Å². The van der Waals surface area contributed by atoms with Crippen molar-refractivity contribution in [3.05, 3.63) is 29.3 Å². The molecule has 4 heteroatoms. The van der Waals surface area contributed by atoms with Gasteiger partial charge in [0.25, 0.3) is 0 Å². The fraction of sp³-hybridized carbons (Fsp3) is 0.500. The number of hydrogen-bond acceptors (Lipinski definition) is 3. The Kier molecular flexibility index (Phi) is 4.50. The SMILES string of the molecule is Cc1ccc(S(C)(=O)=O)cc1CCCCN. The van der Waals surface area contributed by atoms with Crippen LogP contribution >= 0.6 is 0 Å². The lowest BCUT2D eigenvalue weighted by atomic mass is 10.0. The van der Waals surface area contributed by atoms with Crippen LogP contribution in [-0.2, 0) is 16.3 Å². The molecular weight excluding hydrogens is 222 g/mol. The monoisotopic (exact) mass is 241 g/mol. The molecule has 0 amide bonds. The van der Waals surface area contributed by atoms with E-state index in [1.165, 1.54) is 6.26 Å². The summed E-state index contributed by atoms with van der Waals surface area (Å²) in [5, 5.41) is 0. The number of unbranched alkanes of at least 4 members (excludes halogenated alkanes) is 1. The summed E-state index contributed by atoms with van der Waals surface area (Å²) >= 11 is 0. The van der Waals surface area contributed by atoms with E-state index in [0.29, 0.717) is 11.4 Å². The van der Waals surface area contributed by atoms with Crippen LogP contribution in [0.25, 0.3) is 0 Å². The topological polar surface area (TPSA) is 60.2 Å². The normalized spacial score (nSPS) is 11.7. The molecule has 0 fully saturated rings. The van der Waals surface area contributed by atoms with Gasteiger partial charge in [0.05, 0.1) is 4.90 Å². The Bertz CT molecular complexity index is 452. The molecule has 0 aromatic heterocycles. The standard InChI is InChI=1S/C12H19NO2S/c1-10-6-7-12(16(2,14)15)9-11(10)5-3-4-8-13/h6-7,9H,3-5,8,13H2,1-2H3. The number of nitrogens with two attached hydrogens (primary N) is 1. The van der Waals surface area contributed by atoms with Gasteiger partial charge in [-0.25, -0.2) is 8.42 Å². The molecular formula is C12H19NO2S. The summed E-state index contributed by atoms with van der Waals surface area (Å²) in [6.45, 7) is 2.69. The predicted octanol–water partition coefficient (Wildman–Crippen LogP) is 1.68. The van der Waals surface area contributed by atoms with E-state index in [2.05, 4.69) is 0 Å². The minimum atomic E-state index is -3.10. The summed E-state index contributed by atoms with van der Waals surface area (Å²) in [5.74, 6) is 0. The van der Waals surface area contributed by atoms with Gasteiger partial charge in [-0.3, -0.25) is 0 Å². The second-order valence-corrected chi connectivity index (χ2v) is 6.12. The molecule has 3 nitrogen and oxygen atoms in total. The zero-order valence-electron chi connectivity index (χ0n) is 9.86. The third-order valence-corrected chi connectivity index (χ3v) is 3.76. The third kappa shape index (κ3) is 3.61. The first-order valence-electron chi connectivity index (χ1n) is 5.45. The maximum absolute atomic E-state index is 11.4. The van der Waals surface area contributed by atoms with Gasteiger partial charge >= 0.3 is 0 Å². The van der Waals surface area contributed by atoms with Crippen LogP contribution in [0.5, 0.6) is 0 Å². The largest absolute Gasteiger partial charge is 0.330 e. The van der Waals surface area contributed by atoms with Crippen LogP contribution in [0.3, 0.4) is 0 Å². The molecule has 0 spiro atoms. The van der Waals surface area contributed by atoms with Gasteiger partial charge in [-0.15, -0.1) is 0 Å². The highest BCUT2D eigenvalue weighted by molar-refractivity contribution is 7.90. The van der Waals surface area contributed by atoms with Gasteiger partial charge in [-0.2, -0.15) is 0 Å². The maximum Gasteiger partial charge on any atom is 0.175 e. The van der Waals surface area contributed by atoms with E-state index in [9.17, 15) is 8.42 Å². The summed E-state index contributed by atoms with van der Waals surface area (Å²) < 4.78 is 22.8. The number of rotatable bonds is 5. The van der Waals surface area contributed by atoms with Crippen molar-refractivity contribution in [3.8, 4) is 0 Å². The summed E-state index contributed by atoms with van der Waals surface area (Å²) in [7, 11) is -3.10. The highest BCUT2D eigenvalue weighted by atomic mass is 32.2.